The van der Waals surface area contributed by atoms with Crippen LogP contribution in [-0.4, -0.2) is 15.4 Å². The molecule has 0 aliphatic carbocycles. The molecule has 4 aromatic rings. The summed E-state index contributed by atoms with van der Waals surface area (Å²) in [7, 11) is 0. The van der Waals surface area contributed by atoms with Crippen LogP contribution >= 0.6 is 0 Å². The van der Waals surface area contributed by atoms with Crippen LogP contribution in [0, 0.1) is 13.8 Å². The Labute approximate surface area is 191 Å². The van der Waals surface area contributed by atoms with Gasteiger partial charge in [-0.05, 0) is 43.2 Å². The molecule has 1 spiro atoms. The van der Waals surface area contributed by atoms with E-state index in [1.54, 1.807) is 9.39 Å². The van der Waals surface area contributed by atoms with Crippen molar-refractivity contribution in [3.8, 4) is 11.5 Å². The fraction of sp³-hybridized carbons (Fsp3) is 0.111. The lowest BCUT2D eigenvalue weighted by Gasteiger charge is -2.28. The van der Waals surface area contributed by atoms with Gasteiger partial charge in [0, 0.05) is 34.5 Å². The Hall–Kier alpha value is -4.32. The maximum Gasteiger partial charge on any atom is 0.762 e. The van der Waals surface area contributed by atoms with Crippen molar-refractivity contribution in [3.63, 3.8) is 0 Å². The molecule has 4 aromatic carbocycles. The van der Waals surface area contributed by atoms with Crippen molar-refractivity contribution in [1.82, 2.24) is 0 Å². The molecule has 2 heterocycles. The quantitative estimate of drug-likeness (QED) is 0.312. The number of aryl methyl sites for hydroxylation is 2. The number of para-hydroxylation sites is 3. The zero-order valence-electron chi connectivity index (χ0n) is 18.3. The first-order valence-electron chi connectivity index (χ1n) is 10.9. The fourth-order valence-corrected chi connectivity index (χ4v) is 4.25. The molecule has 1 unspecified atom stereocenters. The van der Waals surface area contributed by atoms with Gasteiger partial charge in [0.1, 0.15) is 0 Å². The van der Waals surface area contributed by atoms with Crippen molar-refractivity contribution in [2.24, 2.45) is 10.2 Å². The van der Waals surface area contributed by atoms with Gasteiger partial charge < -0.3 is 9.47 Å². The normalized spacial score (nSPS) is 18.4. The highest BCUT2D eigenvalue weighted by molar-refractivity contribution is 5.58. The van der Waals surface area contributed by atoms with Crippen LogP contribution in [0.4, 0.5) is 22.7 Å². The zero-order chi connectivity index (χ0) is 22.4. The van der Waals surface area contributed by atoms with Crippen LogP contribution in [0.5, 0.6) is 11.5 Å². The smallest absolute Gasteiger partial charge is 0.334 e. The van der Waals surface area contributed by atoms with E-state index in [1.165, 1.54) is 0 Å². The van der Waals surface area contributed by atoms with E-state index in [-0.39, 0.29) is 0 Å². The second kappa shape index (κ2) is 7.38. The monoisotopic (exact) mass is 434 g/mol. The van der Waals surface area contributed by atoms with Crippen LogP contribution in [0.2, 0.25) is 0 Å². The number of ether oxygens (including phenoxy) is 2. The van der Waals surface area contributed by atoms with Crippen LogP contribution < -0.4 is 9.47 Å². The Morgan fingerprint density at radius 1 is 0.636 bits per heavy atom. The van der Waals surface area contributed by atoms with Gasteiger partial charge in [0.05, 0.1) is 9.39 Å². The highest BCUT2D eigenvalue weighted by Gasteiger charge is 2.71. The molecule has 160 valence electrons. The summed E-state index contributed by atoms with van der Waals surface area (Å²) in [5, 5.41) is 10.0. The third-order valence-electron chi connectivity index (χ3n) is 5.69. The average Bonchev–Trinajstić information content (AvgIpc) is 2.85. The standard InChI is InChI=1S/C27H22N4O2/c1-19-17-20(2)26-24(18-19)29-31(22-13-7-4-8-14-22)27(33-26)30(21-11-5-3-6-12-21)28-23-15-9-10-16-25(23)32-27/h3-18H,1-2H3/q+2. The Balaban J connectivity index is 1.68. The van der Waals surface area contributed by atoms with Crippen LogP contribution in [0.15, 0.2) is 107 Å². The minimum absolute atomic E-state index is 0.619. The number of hydrogen-bond donors (Lipinski definition) is 0. The topological polar surface area (TPSA) is 49.2 Å². The second-order valence-corrected chi connectivity index (χ2v) is 8.15. The maximum absolute atomic E-state index is 6.78. The molecule has 6 heteroatoms. The number of nitrogens with zero attached hydrogens (tertiary/aromatic N) is 4. The number of hydrogen-bond acceptors (Lipinski definition) is 4. The first-order valence-corrected chi connectivity index (χ1v) is 10.9. The van der Waals surface area contributed by atoms with E-state index in [0.29, 0.717) is 11.5 Å². The first kappa shape index (κ1) is 19.4. The number of rotatable bonds is 2. The van der Waals surface area contributed by atoms with Crippen molar-refractivity contribution < 1.29 is 18.9 Å². The molecule has 1 atom stereocenters. The SMILES string of the molecule is Cc1cc(C)c2c(c1)N=[N+](c1ccccc1)C1(Oc3ccccc3N=[N+]1c1ccccc1)O2. The lowest BCUT2D eigenvalue weighted by Crippen LogP contribution is -2.59. The summed E-state index contributed by atoms with van der Waals surface area (Å²) in [5.41, 5.74) is 5.19. The summed E-state index contributed by atoms with van der Waals surface area (Å²) in [6.45, 7) is 4.08. The molecule has 33 heavy (non-hydrogen) atoms. The van der Waals surface area contributed by atoms with Crippen molar-refractivity contribution in [2.45, 2.75) is 19.9 Å². The molecule has 0 saturated carbocycles. The molecule has 6 nitrogen and oxygen atoms in total. The van der Waals surface area contributed by atoms with Crippen LogP contribution in [0.25, 0.3) is 0 Å². The predicted molar refractivity (Wildman–Crippen MR) is 123 cm³/mol. The molecule has 0 fully saturated rings. The van der Waals surface area contributed by atoms with Gasteiger partial charge in [-0.25, -0.2) is 0 Å². The molecule has 6 rings (SSSR count). The van der Waals surface area contributed by atoms with E-state index < -0.39 is 6.03 Å². The highest BCUT2D eigenvalue weighted by atomic mass is 16.8. The predicted octanol–water partition coefficient (Wildman–Crippen LogP) is 7.26. The lowest BCUT2D eigenvalue weighted by molar-refractivity contribution is -0.902. The van der Waals surface area contributed by atoms with Crippen molar-refractivity contribution >= 4 is 22.7 Å². The van der Waals surface area contributed by atoms with Crippen LogP contribution in [0.3, 0.4) is 0 Å². The van der Waals surface area contributed by atoms with Gasteiger partial charge in [-0.2, -0.15) is 0 Å². The minimum Gasteiger partial charge on any atom is -0.334 e. The van der Waals surface area contributed by atoms with Gasteiger partial charge in [-0.1, -0.05) is 54.6 Å². The molecule has 0 amide bonds. The zero-order valence-corrected chi connectivity index (χ0v) is 18.3. The van der Waals surface area contributed by atoms with Gasteiger partial charge in [0.15, 0.2) is 22.9 Å². The Kier molecular flexibility index (Phi) is 4.33. The molecule has 0 aromatic heterocycles. The molecule has 2 aliphatic rings. The summed E-state index contributed by atoms with van der Waals surface area (Å²) in [6, 6.07) is 30.0. The molecular formula is C27H22N4O2+2. The lowest BCUT2D eigenvalue weighted by atomic mass is 10.1. The largest absolute Gasteiger partial charge is 0.762 e. The van der Waals surface area contributed by atoms with Crippen LogP contribution in [0.1, 0.15) is 11.1 Å². The van der Waals surface area contributed by atoms with Crippen LogP contribution in [-0.2, 0) is 0 Å². The molecule has 0 bridgehead atoms. The van der Waals surface area contributed by atoms with Crippen molar-refractivity contribution in [1.29, 1.82) is 0 Å². The highest BCUT2D eigenvalue weighted by Crippen LogP contribution is 2.48. The van der Waals surface area contributed by atoms with E-state index in [4.69, 9.17) is 19.7 Å². The van der Waals surface area contributed by atoms with E-state index in [9.17, 15) is 0 Å². The summed E-state index contributed by atoms with van der Waals surface area (Å²) >= 11 is 0. The second-order valence-electron chi connectivity index (χ2n) is 8.15. The summed E-state index contributed by atoms with van der Waals surface area (Å²) < 4.78 is 17.0. The Bertz CT molecular complexity index is 1430. The molecule has 0 saturated heterocycles. The average molecular weight is 434 g/mol. The Morgan fingerprint density at radius 2 is 1.21 bits per heavy atom. The number of benzene rings is 4. The van der Waals surface area contributed by atoms with Gasteiger partial charge >= 0.3 is 6.03 Å². The molecule has 2 aliphatic heterocycles. The third kappa shape index (κ3) is 3.10. The van der Waals surface area contributed by atoms with E-state index in [1.807, 2.05) is 97.9 Å². The molecule has 0 radical (unpaired) electrons. The fourth-order valence-electron chi connectivity index (χ4n) is 4.25. The van der Waals surface area contributed by atoms with E-state index in [2.05, 4.69) is 13.0 Å². The van der Waals surface area contributed by atoms with E-state index >= 15 is 0 Å². The molecule has 0 N–H and O–H groups in total. The minimum atomic E-state index is -1.50. The summed E-state index contributed by atoms with van der Waals surface area (Å²) in [4.78, 5) is 0. The van der Waals surface area contributed by atoms with E-state index in [0.717, 1.165) is 33.9 Å². The van der Waals surface area contributed by atoms with Gasteiger partial charge in [0.25, 0.3) is 0 Å². The molecular weight excluding hydrogens is 412 g/mol. The summed E-state index contributed by atoms with van der Waals surface area (Å²) in [5.74, 6) is 1.29. The first-order chi connectivity index (χ1) is 16.1. The van der Waals surface area contributed by atoms with Crippen molar-refractivity contribution in [3.05, 3.63) is 108 Å². The van der Waals surface area contributed by atoms with Crippen molar-refractivity contribution in [2.75, 3.05) is 0 Å². The number of azo groups is 4. The van der Waals surface area contributed by atoms with Gasteiger partial charge in [0.2, 0.25) is 11.4 Å². The Morgan fingerprint density at radius 3 is 1.88 bits per heavy atom. The number of fused-ring (bicyclic) bond motifs is 2. The van der Waals surface area contributed by atoms with Gasteiger partial charge in [-0.3, -0.25) is 0 Å². The van der Waals surface area contributed by atoms with Gasteiger partial charge in [-0.15, -0.1) is 0 Å². The summed E-state index contributed by atoms with van der Waals surface area (Å²) in [6.07, 6.45) is 0. The third-order valence-corrected chi connectivity index (χ3v) is 5.69. The maximum atomic E-state index is 6.78.